The van der Waals surface area contributed by atoms with E-state index in [0.29, 0.717) is 17.0 Å². The van der Waals surface area contributed by atoms with E-state index in [1.54, 1.807) is 0 Å². The fourth-order valence-corrected chi connectivity index (χ4v) is 3.30. The van der Waals surface area contributed by atoms with Crippen LogP contribution in [0.2, 0.25) is 0 Å². The highest BCUT2D eigenvalue weighted by atomic mass is 32.2. The van der Waals surface area contributed by atoms with Crippen molar-refractivity contribution in [2.45, 2.75) is 42.9 Å². The zero-order chi connectivity index (χ0) is 10.5. The Balaban J connectivity index is 1.90. The molecule has 0 radical (unpaired) electrons. The van der Waals surface area contributed by atoms with Gasteiger partial charge < -0.3 is 10.3 Å². The summed E-state index contributed by atoms with van der Waals surface area (Å²) < 4.78 is 5.26. The zero-order valence-electron chi connectivity index (χ0n) is 8.77. The van der Waals surface area contributed by atoms with Crippen LogP contribution in [0.15, 0.2) is 4.52 Å². The first-order valence-electron chi connectivity index (χ1n) is 5.45. The van der Waals surface area contributed by atoms with Gasteiger partial charge in [-0.3, -0.25) is 0 Å². The number of nitrogens with zero attached hydrogens (tertiary/aromatic N) is 2. The van der Waals surface area contributed by atoms with Crippen LogP contribution >= 0.6 is 11.8 Å². The van der Waals surface area contributed by atoms with Crippen molar-refractivity contribution in [1.29, 1.82) is 0 Å². The Hall–Kier alpha value is -0.550. The molecule has 0 aromatic carbocycles. The summed E-state index contributed by atoms with van der Waals surface area (Å²) >= 11 is 1.89. The molecule has 2 atom stereocenters. The van der Waals surface area contributed by atoms with Gasteiger partial charge in [-0.25, -0.2) is 0 Å². The van der Waals surface area contributed by atoms with E-state index in [2.05, 4.69) is 17.1 Å². The third-order valence-corrected chi connectivity index (χ3v) is 4.75. The number of hydrogen-bond acceptors (Lipinski definition) is 5. The van der Waals surface area contributed by atoms with E-state index in [9.17, 15) is 0 Å². The SMILES string of the molecule is CC1SCCC1(N)c1noc(C2CC2)n1. The zero-order valence-corrected chi connectivity index (χ0v) is 9.59. The number of nitrogens with two attached hydrogens (primary N) is 1. The molecule has 2 heterocycles. The lowest BCUT2D eigenvalue weighted by Crippen LogP contribution is -2.42. The normalized spacial score (nSPS) is 36.0. The maximum absolute atomic E-state index is 6.35. The highest BCUT2D eigenvalue weighted by Crippen LogP contribution is 2.42. The largest absolute Gasteiger partial charge is 0.339 e. The van der Waals surface area contributed by atoms with Crippen LogP contribution in [0.1, 0.15) is 43.8 Å². The monoisotopic (exact) mass is 225 g/mol. The van der Waals surface area contributed by atoms with E-state index in [-0.39, 0.29) is 5.54 Å². The molecule has 1 aliphatic carbocycles. The molecule has 5 heteroatoms. The van der Waals surface area contributed by atoms with E-state index in [0.717, 1.165) is 18.1 Å². The Labute approximate surface area is 93.0 Å². The van der Waals surface area contributed by atoms with E-state index in [1.165, 1.54) is 12.8 Å². The summed E-state index contributed by atoms with van der Waals surface area (Å²) in [6.07, 6.45) is 3.31. The molecule has 82 valence electrons. The summed E-state index contributed by atoms with van der Waals surface area (Å²) in [7, 11) is 0. The smallest absolute Gasteiger partial charge is 0.229 e. The first-order chi connectivity index (χ1) is 7.20. The molecule has 4 nitrogen and oxygen atoms in total. The molecule has 15 heavy (non-hydrogen) atoms. The van der Waals surface area contributed by atoms with Gasteiger partial charge in [-0.05, 0) is 25.0 Å². The molecule has 0 amide bonds. The molecular weight excluding hydrogens is 210 g/mol. The quantitative estimate of drug-likeness (QED) is 0.828. The van der Waals surface area contributed by atoms with Gasteiger partial charge in [-0.2, -0.15) is 16.7 Å². The second-order valence-corrected chi connectivity index (χ2v) is 5.98. The van der Waals surface area contributed by atoms with Crippen molar-refractivity contribution < 1.29 is 4.52 Å². The summed E-state index contributed by atoms with van der Waals surface area (Å²) in [5.74, 6) is 3.10. The van der Waals surface area contributed by atoms with E-state index >= 15 is 0 Å². The van der Waals surface area contributed by atoms with Gasteiger partial charge in [0.2, 0.25) is 5.89 Å². The molecule has 1 aromatic rings. The van der Waals surface area contributed by atoms with Crippen LogP contribution in [0.25, 0.3) is 0 Å². The third-order valence-electron chi connectivity index (χ3n) is 3.39. The predicted molar refractivity (Wildman–Crippen MR) is 58.7 cm³/mol. The number of rotatable bonds is 2. The fraction of sp³-hybridized carbons (Fsp3) is 0.800. The Bertz CT molecular complexity index is 376. The lowest BCUT2D eigenvalue weighted by molar-refractivity contribution is 0.346. The summed E-state index contributed by atoms with van der Waals surface area (Å²) in [4.78, 5) is 4.46. The maximum atomic E-state index is 6.35. The summed E-state index contributed by atoms with van der Waals surface area (Å²) in [6, 6.07) is 0. The van der Waals surface area contributed by atoms with Gasteiger partial charge in [0.15, 0.2) is 5.82 Å². The van der Waals surface area contributed by atoms with Crippen LogP contribution in [-0.2, 0) is 5.54 Å². The summed E-state index contributed by atoms with van der Waals surface area (Å²) in [5, 5.41) is 4.43. The molecule has 2 N–H and O–H groups in total. The average molecular weight is 225 g/mol. The Morgan fingerprint density at radius 1 is 1.53 bits per heavy atom. The van der Waals surface area contributed by atoms with Crippen molar-refractivity contribution in [1.82, 2.24) is 10.1 Å². The van der Waals surface area contributed by atoms with Crippen LogP contribution in [0, 0.1) is 0 Å². The van der Waals surface area contributed by atoms with Crippen molar-refractivity contribution in [2.75, 3.05) is 5.75 Å². The van der Waals surface area contributed by atoms with Gasteiger partial charge in [-0.15, -0.1) is 0 Å². The molecule has 0 spiro atoms. The Morgan fingerprint density at radius 2 is 2.33 bits per heavy atom. The van der Waals surface area contributed by atoms with Crippen molar-refractivity contribution in [2.24, 2.45) is 5.73 Å². The molecule has 1 aliphatic heterocycles. The molecule has 3 rings (SSSR count). The highest BCUT2D eigenvalue weighted by Gasteiger charge is 2.43. The second kappa shape index (κ2) is 3.22. The minimum Gasteiger partial charge on any atom is -0.339 e. The van der Waals surface area contributed by atoms with Gasteiger partial charge >= 0.3 is 0 Å². The van der Waals surface area contributed by atoms with Crippen molar-refractivity contribution in [3.63, 3.8) is 0 Å². The van der Waals surface area contributed by atoms with Crippen LogP contribution in [0.5, 0.6) is 0 Å². The lowest BCUT2D eigenvalue weighted by atomic mass is 9.93. The molecule has 1 aromatic heterocycles. The average Bonchev–Trinajstić information content (AvgIpc) is 2.85. The van der Waals surface area contributed by atoms with Crippen LogP contribution < -0.4 is 5.73 Å². The number of hydrogen-bond donors (Lipinski definition) is 1. The number of thioether (sulfide) groups is 1. The van der Waals surface area contributed by atoms with Gasteiger partial charge in [0, 0.05) is 11.2 Å². The third kappa shape index (κ3) is 1.49. The Morgan fingerprint density at radius 3 is 2.93 bits per heavy atom. The van der Waals surface area contributed by atoms with Crippen LogP contribution in [-0.4, -0.2) is 21.1 Å². The minimum atomic E-state index is -0.374. The molecule has 2 fully saturated rings. The van der Waals surface area contributed by atoms with Crippen molar-refractivity contribution in [3.8, 4) is 0 Å². The van der Waals surface area contributed by atoms with Crippen LogP contribution in [0.3, 0.4) is 0 Å². The molecular formula is C10H15N3OS. The van der Waals surface area contributed by atoms with Crippen molar-refractivity contribution in [3.05, 3.63) is 11.7 Å². The topological polar surface area (TPSA) is 64.9 Å². The first-order valence-corrected chi connectivity index (χ1v) is 6.49. The molecule has 2 unspecified atom stereocenters. The van der Waals surface area contributed by atoms with Crippen molar-refractivity contribution >= 4 is 11.8 Å². The number of aromatic nitrogens is 2. The van der Waals surface area contributed by atoms with Crippen LogP contribution in [0.4, 0.5) is 0 Å². The summed E-state index contributed by atoms with van der Waals surface area (Å²) in [6.45, 7) is 2.14. The molecule has 2 aliphatic rings. The molecule has 1 saturated heterocycles. The highest BCUT2D eigenvalue weighted by molar-refractivity contribution is 8.00. The Kier molecular flexibility index (Phi) is 2.07. The van der Waals surface area contributed by atoms with Gasteiger partial charge in [0.25, 0.3) is 0 Å². The fourth-order valence-electron chi connectivity index (χ4n) is 1.97. The van der Waals surface area contributed by atoms with E-state index < -0.39 is 0 Å². The van der Waals surface area contributed by atoms with E-state index in [1.807, 2.05) is 11.8 Å². The minimum absolute atomic E-state index is 0.374. The molecule has 0 bridgehead atoms. The lowest BCUT2D eigenvalue weighted by Gasteiger charge is -2.23. The first kappa shape index (κ1) is 9.66. The standard InChI is InChI=1S/C10H15N3OS/c1-6-10(11,4-5-15-6)9-12-8(14-13-9)7-2-3-7/h6-7H,2-5,11H2,1H3. The molecule has 1 saturated carbocycles. The predicted octanol–water partition coefficient (Wildman–Crippen LogP) is 1.63. The van der Waals surface area contributed by atoms with Gasteiger partial charge in [-0.1, -0.05) is 12.1 Å². The van der Waals surface area contributed by atoms with Gasteiger partial charge in [0.1, 0.15) is 0 Å². The van der Waals surface area contributed by atoms with Gasteiger partial charge in [0.05, 0.1) is 5.54 Å². The maximum Gasteiger partial charge on any atom is 0.229 e. The second-order valence-electron chi connectivity index (χ2n) is 4.53. The summed E-state index contributed by atoms with van der Waals surface area (Å²) in [5.41, 5.74) is 5.98. The van der Waals surface area contributed by atoms with E-state index in [4.69, 9.17) is 10.3 Å².